The molecular weight excluding hydrogens is 196 g/mol. The van der Waals surface area contributed by atoms with Crippen molar-refractivity contribution in [2.45, 2.75) is 51.6 Å². The molecule has 0 aromatic heterocycles. The van der Waals surface area contributed by atoms with Crippen LogP contribution in [-0.2, 0) is 9.53 Å². The van der Waals surface area contributed by atoms with Gasteiger partial charge < -0.3 is 14.9 Å². The van der Waals surface area contributed by atoms with Gasteiger partial charge in [0.1, 0.15) is 12.7 Å². The van der Waals surface area contributed by atoms with E-state index in [2.05, 4.69) is 6.92 Å². The van der Waals surface area contributed by atoms with E-state index in [-0.39, 0.29) is 19.2 Å². The average Bonchev–Trinajstić information content (AvgIpc) is 2.25. The van der Waals surface area contributed by atoms with E-state index in [1.165, 1.54) is 12.8 Å². The summed E-state index contributed by atoms with van der Waals surface area (Å²) < 4.78 is 4.75. The molecule has 0 aromatic carbocycles. The van der Waals surface area contributed by atoms with E-state index in [4.69, 9.17) is 14.9 Å². The molecule has 4 heteroatoms. The lowest BCUT2D eigenvalue weighted by atomic mass is 10.1. The van der Waals surface area contributed by atoms with E-state index in [1.54, 1.807) is 0 Å². The maximum absolute atomic E-state index is 11.1. The van der Waals surface area contributed by atoms with Crippen LogP contribution in [0.15, 0.2) is 0 Å². The fraction of sp³-hybridized carbons (Fsp3) is 0.909. The van der Waals surface area contributed by atoms with Crippen LogP contribution in [0.3, 0.4) is 0 Å². The Labute approximate surface area is 91.3 Å². The Hall–Kier alpha value is -0.610. The second-order valence-corrected chi connectivity index (χ2v) is 3.68. The number of rotatable bonds is 9. The summed E-state index contributed by atoms with van der Waals surface area (Å²) in [6.07, 6.45) is 4.89. The van der Waals surface area contributed by atoms with Crippen LogP contribution in [0.2, 0.25) is 0 Å². The molecule has 0 radical (unpaired) electrons. The third-order valence-corrected chi connectivity index (χ3v) is 2.13. The Kier molecular flexibility index (Phi) is 9.52. The molecule has 1 atom stereocenters. The van der Waals surface area contributed by atoms with Crippen LogP contribution >= 0.6 is 0 Å². The first kappa shape index (κ1) is 14.4. The zero-order valence-corrected chi connectivity index (χ0v) is 9.45. The van der Waals surface area contributed by atoms with Gasteiger partial charge >= 0.3 is 5.97 Å². The Bertz CT molecular complexity index is 159. The number of hydrogen-bond acceptors (Lipinski definition) is 4. The molecule has 4 nitrogen and oxygen atoms in total. The van der Waals surface area contributed by atoms with Crippen molar-refractivity contribution in [1.29, 1.82) is 0 Å². The fourth-order valence-corrected chi connectivity index (χ4v) is 1.19. The molecule has 0 aliphatic heterocycles. The van der Waals surface area contributed by atoms with Gasteiger partial charge in [-0.1, -0.05) is 32.6 Å². The van der Waals surface area contributed by atoms with E-state index in [1.807, 2.05) is 0 Å². The van der Waals surface area contributed by atoms with Crippen molar-refractivity contribution in [3.8, 4) is 0 Å². The van der Waals surface area contributed by atoms with E-state index in [0.717, 1.165) is 19.3 Å². The Morgan fingerprint density at radius 2 is 1.93 bits per heavy atom. The normalized spacial score (nSPS) is 12.5. The molecule has 0 fully saturated rings. The average molecular weight is 218 g/mol. The van der Waals surface area contributed by atoms with Crippen LogP contribution in [0.4, 0.5) is 0 Å². The first-order chi connectivity index (χ1) is 7.20. The van der Waals surface area contributed by atoms with Gasteiger partial charge in [0.05, 0.1) is 6.61 Å². The lowest BCUT2D eigenvalue weighted by Crippen LogP contribution is -2.21. The van der Waals surface area contributed by atoms with Gasteiger partial charge in [0.25, 0.3) is 0 Å². The van der Waals surface area contributed by atoms with Crippen molar-refractivity contribution >= 4 is 5.97 Å². The first-order valence-corrected chi connectivity index (χ1v) is 5.65. The van der Waals surface area contributed by atoms with Gasteiger partial charge in [0.2, 0.25) is 0 Å². The number of aliphatic hydroxyl groups is 2. The highest BCUT2D eigenvalue weighted by atomic mass is 16.5. The number of hydrogen-bond donors (Lipinski definition) is 2. The minimum Gasteiger partial charge on any atom is -0.463 e. The lowest BCUT2D eigenvalue weighted by molar-refractivity contribution is -0.147. The molecule has 0 rings (SSSR count). The smallest absolute Gasteiger partial charge is 0.305 e. The molecule has 15 heavy (non-hydrogen) atoms. The second kappa shape index (κ2) is 9.93. The Balaban J connectivity index is 3.26. The second-order valence-electron chi connectivity index (χ2n) is 3.68. The maximum atomic E-state index is 11.1. The monoisotopic (exact) mass is 218 g/mol. The molecule has 2 N–H and O–H groups in total. The molecule has 0 amide bonds. The van der Waals surface area contributed by atoms with Gasteiger partial charge in [0.15, 0.2) is 0 Å². The number of ether oxygens (including phenoxy) is 1. The van der Waals surface area contributed by atoms with Gasteiger partial charge in [-0.3, -0.25) is 4.79 Å². The Morgan fingerprint density at radius 3 is 2.53 bits per heavy atom. The SMILES string of the molecule is CCCCCCCC(=O)OC[C@@H](O)CO. The van der Waals surface area contributed by atoms with Gasteiger partial charge in [-0.05, 0) is 6.42 Å². The summed E-state index contributed by atoms with van der Waals surface area (Å²) in [6, 6.07) is 0. The molecule has 0 bridgehead atoms. The van der Waals surface area contributed by atoms with Crippen LogP contribution in [0.5, 0.6) is 0 Å². The Morgan fingerprint density at radius 1 is 1.27 bits per heavy atom. The van der Waals surface area contributed by atoms with Gasteiger partial charge in [-0.15, -0.1) is 0 Å². The number of esters is 1. The minimum atomic E-state index is -0.950. The van der Waals surface area contributed by atoms with Crippen LogP contribution in [0.1, 0.15) is 45.4 Å². The minimum absolute atomic E-state index is 0.107. The third-order valence-electron chi connectivity index (χ3n) is 2.13. The molecule has 0 saturated carbocycles. The summed E-state index contributed by atoms with van der Waals surface area (Å²) in [5.41, 5.74) is 0. The zero-order valence-electron chi connectivity index (χ0n) is 9.45. The van der Waals surface area contributed by atoms with Gasteiger partial charge in [0, 0.05) is 6.42 Å². The van der Waals surface area contributed by atoms with Crippen molar-refractivity contribution in [2.75, 3.05) is 13.2 Å². The third kappa shape index (κ3) is 9.69. The standard InChI is InChI=1S/C11H22O4/c1-2-3-4-5-6-7-11(14)15-9-10(13)8-12/h10,12-13H,2-9H2,1H3/t10-/m0/s1. The van der Waals surface area contributed by atoms with Crippen molar-refractivity contribution in [3.05, 3.63) is 0 Å². The lowest BCUT2D eigenvalue weighted by Gasteiger charge is -2.08. The van der Waals surface area contributed by atoms with E-state index < -0.39 is 6.10 Å². The molecule has 0 aromatic rings. The molecule has 0 aliphatic rings. The van der Waals surface area contributed by atoms with Crippen LogP contribution < -0.4 is 0 Å². The summed E-state index contributed by atoms with van der Waals surface area (Å²) in [5.74, 6) is -0.293. The quantitative estimate of drug-likeness (QED) is 0.451. The number of unbranched alkanes of at least 4 members (excludes halogenated alkanes) is 4. The number of carbonyl (C=O) groups excluding carboxylic acids is 1. The number of aliphatic hydroxyl groups excluding tert-OH is 2. The van der Waals surface area contributed by atoms with E-state index in [9.17, 15) is 4.79 Å². The summed E-state index contributed by atoms with van der Waals surface area (Å²) in [5, 5.41) is 17.4. The highest BCUT2D eigenvalue weighted by Crippen LogP contribution is 2.05. The van der Waals surface area contributed by atoms with Crippen LogP contribution in [0.25, 0.3) is 0 Å². The van der Waals surface area contributed by atoms with Gasteiger partial charge in [-0.2, -0.15) is 0 Å². The fourth-order valence-electron chi connectivity index (χ4n) is 1.19. The summed E-state index contributed by atoms with van der Waals surface area (Å²) in [7, 11) is 0. The van der Waals surface area contributed by atoms with Gasteiger partial charge in [-0.25, -0.2) is 0 Å². The van der Waals surface area contributed by atoms with Crippen molar-refractivity contribution in [1.82, 2.24) is 0 Å². The van der Waals surface area contributed by atoms with E-state index >= 15 is 0 Å². The topological polar surface area (TPSA) is 66.8 Å². The first-order valence-electron chi connectivity index (χ1n) is 5.65. The highest BCUT2D eigenvalue weighted by Gasteiger charge is 2.06. The largest absolute Gasteiger partial charge is 0.463 e. The number of carbonyl (C=O) groups is 1. The summed E-state index contributed by atoms with van der Waals surface area (Å²) in [4.78, 5) is 11.1. The maximum Gasteiger partial charge on any atom is 0.305 e. The molecule has 0 saturated heterocycles. The summed E-state index contributed by atoms with van der Waals surface area (Å²) in [6.45, 7) is 1.67. The zero-order chi connectivity index (χ0) is 11.5. The predicted octanol–water partition coefficient (Wildman–Crippen LogP) is 1.24. The molecule has 90 valence electrons. The van der Waals surface area contributed by atoms with Crippen LogP contribution in [0, 0.1) is 0 Å². The molecule has 0 heterocycles. The van der Waals surface area contributed by atoms with Crippen molar-refractivity contribution < 1.29 is 19.7 Å². The predicted molar refractivity (Wildman–Crippen MR) is 57.4 cm³/mol. The van der Waals surface area contributed by atoms with E-state index in [0.29, 0.717) is 6.42 Å². The van der Waals surface area contributed by atoms with Crippen LogP contribution in [-0.4, -0.2) is 35.5 Å². The van der Waals surface area contributed by atoms with Crippen molar-refractivity contribution in [2.24, 2.45) is 0 Å². The molecule has 0 aliphatic carbocycles. The molecule has 0 spiro atoms. The molecular formula is C11H22O4. The summed E-state index contributed by atoms with van der Waals surface area (Å²) >= 11 is 0. The molecule has 0 unspecified atom stereocenters. The van der Waals surface area contributed by atoms with Crippen molar-refractivity contribution in [3.63, 3.8) is 0 Å². The highest BCUT2D eigenvalue weighted by molar-refractivity contribution is 5.69.